The topological polar surface area (TPSA) is 26.3 Å². The monoisotopic (exact) mass is 274 g/mol. The van der Waals surface area contributed by atoms with Gasteiger partial charge in [0.05, 0.1) is 11.5 Å². The van der Waals surface area contributed by atoms with Crippen LogP contribution in [0.4, 0.5) is 0 Å². The second-order valence-corrected chi connectivity index (χ2v) is 5.26. The Bertz CT molecular complexity index is 517. The van der Waals surface area contributed by atoms with Crippen LogP contribution < -0.4 is 4.74 Å². The van der Waals surface area contributed by atoms with E-state index >= 15 is 0 Å². The summed E-state index contributed by atoms with van der Waals surface area (Å²) < 4.78 is 5.75. The van der Waals surface area contributed by atoms with Crippen molar-refractivity contribution in [1.29, 1.82) is 0 Å². The fourth-order valence-electron chi connectivity index (χ4n) is 1.91. The average Bonchev–Trinajstić information content (AvgIpc) is 2.98. The summed E-state index contributed by atoms with van der Waals surface area (Å²) in [6.45, 7) is 2.70. The number of Topliss-reactive ketones (excluding diaryl/α,β-unsaturated/α-hetero) is 1. The molecular weight excluding hydrogens is 256 g/mol. The van der Waals surface area contributed by atoms with E-state index in [0.29, 0.717) is 13.0 Å². The van der Waals surface area contributed by atoms with Crippen LogP contribution in [-0.2, 0) is 6.42 Å². The molecular formula is C16H18O2S. The Morgan fingerprint density at radius 1 is 1.21 bits per heavy atom. The van der Waals surface area contributed by atoms with Crippen molar-refractivity contribution in [1.82, 2.24) is 0 Å². The van der Waals surface area contributed by atoms with E-state index in [0.717, 1.165) is 23.5 Å². The van der Waals surface area contributed by atoms with Crippen LogP contribution in [0.2, 0.25) is 0 Å². The molecule has 2 nitrogen and oxygen atoms in total. The van der Waals surface area contributed by atoms with Crippen molar-refractivity contribution in [2.45, 2.75) is 26.2 Å². The molecule has 0 fully saturated rings. The summed E-state index contributed by atoms with van der Waals surface area (Å²) in [4.78, 5) is 12.6. The molecule has 0 amide bonds. The van der Waals surface area contributed by atoms with Crippen LogP contribution in [0.5, 0.6) is 5.75 Å². The number of rotatable bonds is 7. The SMILES string of the molecule is CCc1ccccc1OCCCC(=O)c1cccs1. The molecule has 0 saturated heterocycles. The van der Waals surface area contributed by atoms with E-state index in [1.54, 1.807) is 0 Å². The minimum Gasteiger partial charge on any atom is -0.493 e. The van der Waals surface area contributed by atoms with Crippen LogP contribution in [0, 0.1) is 0 Å². The van der Waals surface area contributed by atoms with Crippen LogP contribution in [0.3, 0.4) is 0 Å². The van der Waals surface area contributed by atoms with Gasteiger partial charge in [-0.15, -0.1) is 11.3 Å². The lowest BCUT2D eigenvalue weighted by atomic mass is 10.1. The van der Waals surface area contributed by atoms with E-state index in [2.05, 4.69) is 13.0 Å². The number of para-hydroxylation sites is 1. The fourth-order valence-corrected chi connectivity index (χ4v) is 2.61. The Labute approximate surface area is 118 Å². The lowest BCUT2D eigenvalue weighted by Gasteiger charge is -2.09. The van der Waals surface area contributed by atoms with Gasteiger partial charge in [0.15, 0.2) is 5.78 Å². The molecule has 1 aromatic carbocycles. The Kier molecular flexibility index (Phi) is 5.16. The highest BCUT2D eigenvalue weighted by molar-refractivity contribution is 7.12. The summed E-state index contributed by atoms with van der Waals surface area (Å²) >= 11 is 1.50. The van der Waals surface area contributed by atoms with Gasteiger partial charge < -0.3 is 4.74 Å². The molecule has 0 radical (unpaired) electrons. The molecule has 2 aromatic rings. The van der Waals surface area contributed by atoms with Crippen molar-refractivity contribution < 1.29 is 9.53 Å². The molecule has 0 spiro atoms. The van der Waals surface area contributed by atoms with Crippen LogP contribution in [-0.4, -0.2) is 12.4 Å². The molecule has 0 bridgehead atoms. The molecule has 0 aliphatic heterocycles. The van der Waals surface area contributed by atoms with Crippen LogP contribution in [0.1, 0.15) is 35.0 Å². The molecule has 0 saturated carbocycles. The maximum atomic E-state index is 11.8. The molecule has 0 aliphatic carbocycles. The van der Waals surface area contributed by atoms with Gasteiger partial charge in [-0.3, -0.25) is 4.79 Å². The summed E-state index contributed by atoms with van der Waals surface area (Å²) in [5.74, 6) is 1.15. The van der Waals surface area contributed by atoms with Gasteiger partial charge in [-0.1, -0.05) is 31.2 Å². The second-order valence-electron chi connectivity index (χ2n) is 4.31. The zero-order valence-electron chi connectivity index (χ0n) is 11.1. The van der Waals surface area contributed by atoms with Gasteiger partial charge in [0.2, 0.25) is 0 Å². The standard InChI is InChI=1S/C16H18O2S/c1-2-13-7-3-4-9-15(13)18-11-5-8-14(17)16-10-6-12-19-16/h3-4,6-7,9-10,12H,2,5,8,11H2,1H3. The predicted molar refractivity (Wildman–Crippen MR) is 79.2 cm³/mol. The lowest BCUT2D eigenvalue weighted by Crippen LogP contribution is -2.03. The third kappa shape index (κ3) is 3.93. The molecule has 1 heterocycles. The van der Waals surface area contributed by atoms with Gasteiger partial charge in [0.25, 0.3) is 0 Å². The summed E-state index contributed by atoms with van der Waals surface area (Å²) in [6, 6.07) is 11.8. The van der Waals surface area contributed by atoms with E-state index in [-0.39, 0.29) is 5.78 Å². The van der Waals surface area contributed by atoms with Gasteiger partial charge in [0.1, 0.15) is 5.75 Å². The number of ketones is 1. The van der Waals surface area contributed by atoms with Gasteiger partial charge >= 0.3 is 0 Å². The predicted octanol–water partition coefficient (Wildman–Crippen LogP) is 4.35. The first-order valence-corrected chi connectivity index (χ1v) is 7.46. The van der Waals surface area contributed by atoms with Crippen molar-refractivity contribution in [3.8, 4) is 5.75 Å². The number of benzene rings is 1. The smallest absolute Gasteiger partial charge is 0.172 e. The summed E-state index contributed by atoms with van der Waals surface area (Å²) in [5, 5.41) is 1.93. The first kappa shape index (κ1) is 13.8. The Morgan fingerprint density at radius 3 is 2.79 bits per heavy atom. The zero-order chi connectivity index (χ0) is 13.5. The third-order valence-corrected chi connectivity index (χ3v) is 3.87. The van der Waals surface area contributed by atoms with Gasteiger partial charge in [-0.05, 0) is 35.9 Å². The van der Waals surface area contributed by atoms with Crippen molar-refractivity contribution >= 4 is 17.1 Å². The van der Waals surface area contributed by atoms with Crippen LogP contribution >= 0.6 is 11.3 Å². The second kappa shape index (κ2) is 7.10. The molecule has 2 rings (SSSR count). The molecule has 1 aromatic heterocycles. The van der Waals surface area contributed by atoms with Gasteiger partial charge in [-0.2, -0.15) is 0 Å². The normalized spacial score (nSPS) is 10.4. The first-order valence-electron chi connectivity index (χ1n) is 6.58. The van der Waals surface area contributed by atoms with Crippen molar-refractivity contribution in [3.05, 3.63) is 52.2 Å². The number of carbonyl (C=O) groups excluding carboxylic acids is 1. The maximum absolute atomic E-state index is 11.8. The van der Waals surface area contributed by atoms with E-state index in [1.165, 1.54) is 16.9 Å². The highest BCUT2D eigenvalue weighted by Crippen LogP contribution is 2.19. The summed E-state index contributed by atoms with van der Waals surface area (Å²) in [6.07, 6.45) is 2.27. The fraction of sp³-hybridized carbons (Fsp3) is 0.312. The number of aryl methyl sites for hydroxylation is 1. The summed E-state index contributed by atoms with van der Waals surface area (Å²) in [7, 11) is 0. The van der Waals surface area contributed by atoms with E-state index in [9.17, 15) is 4.79 Å². The molecule has 3 heteroatoms. The molecule has 19 heavy (non-hydrogen) atoms. The highest BCUT2D eigenvalue weighted by atomic mass is 32.1. The first-order chi connectivity index (χ1) is 9.31. The van der Waals surface area contributed by atoms with E-state index in [4.69, 9.17) is 4.74 Å². The number of carbonyl (C=O) groups is 1. The van der Waals surface area contributed by atoms with E-state index in [1.807, 2.05) is 35.7 Å². The Hall–Kier alpha value is -1.61. The average molecular weight is 274 g/mol. The van der Waals surface area contributed by atoms with Crippen molar-refractivity contribution in [3.63, 3.8) is 0 Å². The molecule has 0 atom stereocenters. The van der Waals surface area contributed by atoms with E-state index < -0.39 is 0 Å². The van der Waals surface area contributed by atoms with Crippen molar-refractivity contribution in [2.75, 3.05) is 6.61 Å². The van der Waals surface area contributed by atoms with Crippen LogP contribution in [0.15, 0.2) is 41.8 Å². The van der Waals surface area contributed by atoms with Gasteiger partial charge in [-0.25, -0.2) is 0 Å². The minimum absolute atomic E-state index is 0.211. The summed E-state index contributed by atoms with van der Waals surface area (Å²) in [5.41, 5.74) is 1.21. The molecule has 0 aliphatic rings. The molecule has 100 valence electrons. The minimum atomic E-state index is 0.211. The number of hydrogen-bond donors (Lipinski definition) is 0. The largest absolute Gasteiger partial charge is 0.493 e. The molecule has 0 unspecified atom stereocenters. The van der Waals surface area contributed by atoms with Crippen LogP contribution in [0.25, 0.3) is 0 Å². The zero-order valence-corrected chi connectivity index (χ0v) is 11.9. The Morgan fingerprint density at radius 2 is 2.05 bits per heavy atom. The third-order valence-electron chi connectivity index (χ3n) is 2.96. The quantitative estimate of drug-likeness (QED) is 0.554. The van der Waals surface area contributed by atoms with Gasteiger partial charge in [0, 0.05) is 6.42 Å². The maximum Gasteiger partial charge on any atom is 0.172 e. The number of ether oxygens (including phenoxy) is 1. The lowest BCUT2D eigenvalue weighted by molar-refractivity contribution is 0.0977. The Balaban J connectivity index is 1.76. The highest BCUT2D eigenvalue weighted by Gasteiger charge is 2.06. The number of hydrogen-bond acceptors (Lipinski definition) is 3. The number of thiophene rings is 1. The van der Waals surface area contributed by atoms with Crippen molar-refractivity contribution in [2.24, 2.45) is 0 Å². The molecule has 0 N–H and O–H groups in total.